The van der Waals surface area contributed by atoms with Crippen LogP contribution in [0, 0.1) is 5.92 Å². The van der Waals surface area contributed by atoms with E-state index in [0.717, 1.165) is 5.57 Å². The van der Waals surface area contributed by atoms with Gasteiger partial charge in [0, 0.05) is 0 Å². The van der Waals surface area contributed by atoms with Gasteiger partial charge in [-0.05, 0) is 19.8 Å². The summed E-state index contributed by atoms with van der Waals surface area (Å²) in [7, 11) is -3.96. The van der Waals surface area contributed by atoms with E-state index in [4.69, 9.17) is 4.55 Å². The zero-order chi connectivity index (χ0) is 10.2. The van der Waals surface area contributed by atoms with Crippen LogP contribution in [0.15, 0.2) is 23.3 Å². The Morgan fingerprint density at radius 3 is 2.31 bits per heavy atom. The van der Waals surface area contributed by atoms with Gasteiger partial charge in [0.1, 0.15) is 5.25 Å². The highest BCUT2D eigenvalue weighted by molar-refractivity contribution is 7.86. The van der Waals surface area contributed by atoms with Crippen molar-refractivity contribution < 1.29 is 13.0 Å². The Morgan fingerprint density at radius 2 is 1.92 bits per heavy atom. The fraction of sp³-hybridized carbons (Fsp3) is 0.556. The molecule has 0 radical (unpaired) electrons. The van der Waals surface area contributed by atoms with Gasteiger partial charge in [-0.1, -0.05) is 30.2 Å². The molecule has 2 atom stereocenters. The topological polar surface area (TPSA) is 54.4 Å². The van der Waals surface area contributed by atoms with Gasteiger partial charge in [0.2, 0.25) is 0 Å². The van der Waals surface area contributed by atoms with Crippen molar-refractivity contribution >= 4 is 10.1 Å². The van der Waals surface area contributed by atoms with Crippen molar-refractivity contribution in [3.8, 4) is 0 Å². The fourth-order valence-corrected chi connectivity index (χ4v) is 3.07. The van der Waals surface area contributed by atoms with Gasteiger partial charge in [0.25, 0.3) is 10.1 Å². The smallest absolute Gasteiger partial charge is 0.272 e. The molecule has 0 heterocycles. The van der Waals surface area contributed by atoms with Crippen molar-refractivity contribution in [3.63, 3.8) is 0 Å². The molecule has 0 bridgehead atoms. The summed E-state index contributed by atoms with van der Waals surface area (Å²) in [6, 6.07) is 0. The number of allylic oxidation sites excluding steroid dienone is 3. The first-order valence-corrected chi connectivity index (χ1v) is 5.65. The molecule has 0 amide bonds. The van der Waals surface area contributed by atoms with Crippen LogP contribution in [0.3, 0.4) is 0 Å². The molecule has 0 spiro atoms. The normalized spacial score (nSPS) is 29.5. The van der Waals surface area contributed by atoms with E-state index in [1.54, 1.807) is 19.9 Å². The van der Waals surface area contributed by atoms with E-state index in [1.165, 1.54) is 0 Å². The van der Waals surface area contributed by atoms with Crippen molar-refractivity contribution in [1.29, 1.82) is 0 Å². The molecule has 0 aromatic heterocycles. The van der Waals surface area contributed by atoms with Crippen LogP contribution in [0.25, 0.3) is 0 Å². The summed E-state index contributed by atoms with van der Waals surface area (Å²) in [6.45, 7) is 5.43. The molecule has 0 aromatic carbocycles. The molecule has 1 aliphatic carbocycles. The second-order valence-electron chi connectivity index (χ2n) is 3.59. The second-order valence-corrected chi connectivity index (χ2v) is 5.13. The van der Waals surface area contributed by atoms with E-state index in [0.29, 0.717) is 5.57 Å². The third kappa shape index (κ3) is 2.19. The highest BCUT2D eigenvalue weighted by atomic mass is 32.2. The first kappa shape index (κ1) is 10.5. The number of hydrogen-bond donors (Lipinski definition) is 1. The highest BCUT2D eigenvalue weighted by Crippen LogP contribution is 2.27. The Labute approximate surface area is 78.9 Å². The molecule has 0 saturated heterocycles. The largest absolute Gasteiger partial charge is 0.285 e. The molecule has 0 fully saturated rings. The second kappa shape index (κ2) is 3.27. The van der Waals surface area contributed by atoms with Gasteiger partial charge < -0.3 is 0 Å². The zero-order valence-corrected chi connectivity index (χ0v) is 8.80. The molecule has 2 unspecified atom stereocenters. The molecular weight excluding hydrogens is 188 g/mol. The molecule has 0 aromatic rings. The highest BCUT2D eigenvalue weighted by Gasteiger charge is 2.31. The van der Waals surface area contributed by atoms with Crippen molar-refractivity contribution in [1.82, 2.24) is 0 Å². The van der Waals surface area contributed by atoms with Crippen LogP contribution in [-0.4, -0.2) is 18.2 Å². The van der Waals surface area contributed by atoms with Gasteiger partial charge >= 0.3 is 0 Å². The van der Waals surface area contributed by atoms with Gasteiger partial charge in [-0.25, -0.2) is 0 Å². The van der Waals surface area contributed by atoms with Crippen LogP contribution in [0.1, 0.15) is 20.8 Å². The third-order valence-corrected chi connectivity index (χ3v) is 3.67. The van der Waals surface area contributed by atoms with Crippen molar-refractivity contribution in [3.05, 3.63) is 23.3 Å². The van der Waals surface area contributed by atoms with Crippen LogP contribution >= 0.6 is 0 Å². The lowest BCUT2D eigenvalue weighted by Gasteiger charge is -2.23. The summed E-state index contributed by atoms with van der Waals surface area (Å²) in [5.41, 5.74) is 1.75. The average Bonchev–Trinajstić information content (AvgIpc) is 1.78. The lowest BCUT2D eigenvalue weighted by atomic mass is 9.92. The summed E-state index contributed by atoms with van der Waals surface area (Å²) in [5.74, 6) is -0.153. The van der Waals surface area contributed by atoms with Gasteiger partial charge in [0.15, 0.2) is 0 Å². The number of rotatable bonds is 1. The maximum atomic E-state index is 11.0. The summed E-state index contributed by atoms with van der Waals surface area (Å²) in [6.07, 6.45) is 3.64. The minimum absolute atomic E-state index is 0.153. The summed E-state index contributed by atoms with van der Waals surface area (Å²) in [5, 5.41) is -0.767. The van der Waals surface area contributed by atoms with E-state index < -0.39 is 15.4 Å². The minimum Gasteiger partial charge on any atom is -0.285 e. The Bertz CT molecular complexity index is 362. The van der Waals surface area contributed by atoms with Gasteiger partial charge in [-0.3, -0.25) is 4.55 Å². The van der Waals surface area contributed by atoms with Gasteiger partial charge in [-0.15, -0.1) is 0 Å². The molecule has 3 nitrogen and oxygen atoms in total. The van der Waals surface area contributed by atoms with Crippen LogP contribution in [0.4, 0.5) is 0 Å². The first-order valence-electron chi connectivity index (χ1n) is 4.15. The standard InChI is InChI=1S/C9H14O3S/c1-6-4-7(2)9(8(3)5-6)13(10,11)12/h4-5,7,9H,1-3H3,(H,10,11,12). The van der Waals surface area contributed by atoms with Crippen LogP contribution < -0.4 is 0 Å². The van der Waals surface area contributed by atoms with Crippen molar-refractivity contribution in [2.45, 2.75) is 26.0 Å². The van der Waals surface area contributed by atoms with Crippen LogP contribution in [0.5, 0.6) is 0 Å². The zero-order valence-electron chi connectivity index (χ0n) is 7.98. The van der Waals surface area contributed by atoms with E-state index in [1.807, 2.05) is 13.0 Å². The molecule has 0 saturated carbocycles. The summed E-state index contributed by atoms with van der Waals surface area (Å²) >= 11 is 0. The van der Waals surface area contributed by atoms with Crippen molar-refractivity contribution in [2.24, 2.45) is 5.92 Å². The number of hydrogen-bond acceptors (Lipinski definition) is 2. The SMILES string of the molecule is CC1=CC(C)C(S(=O)(=O)O)C(C)=C1. The molecule has 0 aliphatic heterocycles. The molecule has 4 heteroatoms. The average molecular weight is 202 g/mol. The minimum atomic E-state index is -3.96. The predicted molar refractivity (Wildman–Crippen MR) is 52.0 cm³/mol. The molecular formula is C9H14O3S. The molecule has 74 valence electrons. The van der Waals surface area contributed by atoms with E-state index in [2.05, 4.69) is 0 Å². The molecule has 1 N–H and O–H groups in total. The lowest BCUT2D eigenvalue weighted by Crippen LogP contribution is -2.29. The Hall–Kier alpha value is -0.610. The maximum absolute atomic E-state index is 11.0. The monoisotopic (exact) mass is 202 g/mol. The molecule has 1 aliphatic rings. The fourth-order valence-electron chi connectivity index (χ4n) is 1.91. The summed E-state index contributed by atoms with van der Waals surface area (Å²) in [4.78, 5) is 0. The third-order valence-electron chi connectivity index (χ3n) is 2.23. The Morgan fingerprint density at radius 1 is 1.38 bits per heavy atom. The van der Waals surface area contributed by atoms with Crippen LogP contribution in [0.2, 0.25) is 0 Å². The molecule has 1 rings (SSSR count). The Kier molecular flexibility index (Phi) is 2.63. The molecule has 13 heavy (non-hydrogen) atoms. The van der Waals surface area contributed by atoms with E-state index >= 15 is 0 Å². The predicted octanol–water partition coefficient (Wildman–Crippen LogP) is 1.79. The van der Waals surface area contributed by atoms with E-state index in [-0.39, 0.29) is 5.92 Å². The first-order chi connectivity index (χ1) is 5.82. The van der Waals surface area contributed by atoms with Crippen LogP contribution in [-0.2, 0) is 10.1 Å². The van der Waals surface area contributed by atoms with Crippen molar-refractivity contribution in [2.75, 3.05) is 0 Å². The van der Waals surface area contributed by atoms with E-state index in [9.17, 15) is 8.42 Å². The quantitative estimate of drug-likeness (QED) is 0.659. The summed E-state index contributed by atoms with van der Waals surface area (Å²) < 4.78 is 31.0. The lowest BCUT2D eigenvalue weighted by molar-refractivity contribution is 0.460. The van der Waals surface area contributed by atoms with Gasteiger partial charge in [-0.2, -0.15) is 8.42 Å². The maximum Gasteiger partial charge on any atom is 0.272 e. The Balaban J connectivity index is 3.12. The van der Waals surface area contributed by atoms with Gasteiger partial charge in [0.05, 0.1) is 0 Å².